The third-order valence-corrected chi connectivity index (χ3v) is 2.15. The highest BCUT2D eigenvalue weighted by molar-refractivity contribution is 5.69. The SMILES string of the molecule is O=C1NCC(c2c(F)c(F)cc(F)c2F)O1. The van der Waals surface area contributed by atoms with Crippen molar-refractivity contribution in [3.8, 4) is 0 Å². The minimum Gasteiger partial charge on any atom is -0.439 e. The van der Waals surface area contributed by atoms with Crippen molar-refractivity contribution in [2.75, 3.05) is 6.54 Å². The van der Waals surface area contributed by atoms with Crippen LogP contribution in [0.1, 0.15) is 11.7 Å². The van der Waals surface area contributed by atoms with E-state index in [1.54, 1.807) is 0 Å². The Bertz CT molecular complexity index is 437. The van der Waals surface area contributed by atoms with E-state index >= 15 is 0 Å². The van der Waals surface area contributed by atoms with Crippen LogP contribution in [0.4, 0.5) is 22.4 Å². The molecule has 0 aliphatic carbocycles. The lowest BCUT2D eigenvalue weighted by Crippen LogP contribution is -2.14. The Kier molecular flexibility index (Phi) is 2.45. The van der Waals surface area contributed by atoms with Gasteiger partial charge in [0.25, 0.3) is 0 Å². The van der Waals surface area contributed by atoms with Gasteiger partial charge in [-0.3, -0.25) is 0 Å². The van der Waals surface area contributed by atoms with E-state index < -0.39 is 41.0 Å². The monoisotopic (exact) mass is 235 g/mol. The van der Waals surface area contributed by atoms with E-state index in [0.29, 0.717) is 0 Å². The molecule has 1 saturated heterocycles. The van der Waals surface area contributed by atoms with Crippen LogP contribution in [0.5, 0.6) is 0 Å². The minimum absolute atomic E-state index is 0.0956. The fraction of sp³-hybridized carbons (Fsp3) is 0.222. The van der Waals surface area contributed by atoms with Crippen molar-refractivity contribution in [1.29, 1.82) is 0 Å². The number of nitrogens with one attached hydrogen (secondary N) is 1. The highest BCUT2D eigenvalue weighted by Crippen LogP contribution is 2.29. The van der Waals surface area contributed by atoms with Gasteiger partial charge in [-0.2, -0.15) is 0 Å². The van der Waals surface area contributed by atoms with Crippen molar-refractivity contribution < 1.29 is 27.1 Å². The smallest absolute Gasteiger partial charge is 0.407 e. The summed E-state index contributed by atoms with van der Waals surface area (Å²) in [6, 6.07) is 0.0956. The van der Waals surface area contributed by atoms with Gasteiger partial charge in [0.2, 0.25) is 0 Å². The predicted octanol–water partition coefficient (Wildman–Crippen LogP) is 2.02. The summed E-state index contributed by atoms with van der Waals surface area (Å²) in [5, 5.41) is 2.12. The lowest BCUT2D eigenvalue weighted by atomic mass is 10.1. The van der Waals surface area contributed by atoms with E-state index in [9.17, 15) is 22.4 Å². The first-order chi connectivity index (χ1) is 7.50. The average molecular weight is 235 g/mol. The molecule has 86 valence electrons. The summed E-state index contributed by atoms with van der Waals surface area (Å²) in [6.07, 6.45) is -2.26. The third kappa shape index (κ3) is 1.58. The maximum atomic E-state index is 13.2. The number of hydrogen-bond donors (Lipinski definition) is 1. The van der Waals surface area contributed by atoms with Crippen LogP contribution < -0.4 is 5.32 Å². The number of rotatable bonds is 1. The molecule has 1 aromatic carbocycles. The molecule has 1 aromatic rings. The normalized spacial score (nSPS) is 19.5. The Morgan fingerprint density at radius 2 is 1.75 bits per heavy atom. The number of benzene rings is 1. The Morgan fingerprint density at radius 3 is 2.19 bits per heavy atom. The fourth-order valence-corrected chi connectivity index (χ4v) is 1.42. The second kappa shape index (κ2) is 3.66. The number of hydrogen-bond acceptors (Lipinski definition) is 2. The molecule has 1 N–H and O–H groups in total. The summed E-state index contributed by atoms with van der Waals surface area (Å²) in [5.74, 6) is -6.17. The third-order valence-electron chi connectivity index (χ3n) is 2.15. The minimum atomic E-state index is -1.56. The van der Waals surface area contributed by atoms with Crippen LogP contribution in [0.3, 0.4) is 0 Å². The van der Waals surface area contributed by atoms with Crippen molar-refractivity contribution in [2.24, 2.45) is 0 Å². The van der Waals surface area contributed by atoms with E-state index in [1.807, 2.05) is 0 Å². The molecule has 2 rings (SSSR count). The zero-order valence-electron chi connectivity index (χ0n) is 7.69. The second-order valence-electron chi connectivity index (χ2n) is 3.16. The van der Waals surface area contributed by atoms with E-state index in [4.69, 9.17) is 0 Å². The van der Waals surface area contributed by atoms with Gasteiger partial charge in [-0.1, -0.05) is 0 Å². The van der Waals surface area contributed by atoms with Gasteiger partial charge >= 0.3 is 6.09 Å². The predicted molar refractivity (Wildman–Crippen MR) is 43.5 cm³/mol. The number of alkyl carbamates (subject to hydrolysis) is 1. The Morgan fingerprint density at radius 1 is 1.19 bits per heavy atom. The van der Waals surface area contributed by atoms with E-state index in [1.165, 1.54) is 0 Å². The number of halogens is 4. The molecule has 1 aliphatic heterocycles. The van der Waals surface area contributed by atoms with Crippen molar-refractivity contribution in [2.45, 2.75) is 6.10 Å². The highest BCUT2D eigenvalue weighted by Gasteiger charge is 2.32. The van der Waals surface area contributed by atoms with Crippen LogP contribution in [0.2, 0.25) is 0 Å². The molecular formula is C9H5F4NO2. The van der Waals surface area contributed by atoms with Crippen LogP contribution in [-0.2, 0) is 4.74 Å². The zero-order valence-corrected chi connectivity index (χ0v) is 7.69. The molecule has 16 heavy (non-hydrogen) atoms. The molecule has 0 saturated carbocycles. The summed E-state index contributed by atoms with van der Waals surface area (Å²) >= 11 is 0. The maximum Gasteiger partial charge on any atom is 0.407 e. The lowest BCUT2D eigenvalue weighted by Gasteiger charge is -2.11. The van der Waals surface area contributed by atoms with Gasteiger partial charge in [-0.25, -0.2) is 22.4 Å². The van der Waals surface area contributed by atoms with Crippen LogP contribution in [0.25, 0.3) is 0 Å². The van der Waals surface area contributed by atoms with Crippen molar-refractivity contribution in [3.63, 3.8) is 0 Å². The molecule has 7 heteroatoms. The van der Waals surface area contributed by atoms with Gasteiger partial charge in [-0.05, 0) is 0 Å². The molecular weight excluding hydrogens is 230 g/mol. The molecule has 0 radical (unpaired) electrons. The van der Waals surface area contributed by atoms with Crippen molar-refractivity contribution in [3.05, 3.63) is 34.9 Å². The zero-order chi connectivity index (χ0) is 11.9. The van der Waals surface area contributed by atoms with Crippen LogP contribution in [0.15, 0.2) is 6.07 Å². The molecule has 0 bridgehead atoms. The molecule has 1 amide bonds. The summed E-state index contributed by atoms with van der Waals surface area (Å²) < 4.78 is 56.6. The van der Waals surface area contributed by atoms with Crippen LogP contribution >= 0.6 is 0 Å². The summed E-state index contributed by atoms with van der Waals surface area (Å²) in [6.45, 7) is -0.241. The van der Waals surface area contributed by atoms with Crippen LogP contribution in [-0.4, -0.2) is 12.6 Å². The summed E-state index contributed by atoms with van der Waals surface area (Å²) in [7, 11) is 0. The fourth-order valence-electron chi connectivity index (χ4n) is 1.42. The van der Waals surface area contributed by atoms with Gasteiger partial charge in [0, 0.05) is 6.07 Å². The number of cyclic esters (lactones) is 1. The molecule has 1 atom stereocenters. The highest BCUT2D eigenvalue weighted by atomic mass is 19.2. The Balaban J connectivity index is 2.51. The van der Waals surface area contributed by atoms with Crippen LogP contribution in [0, 0.1) is 23.3 Å². The standard InChI is InChI=1S/C9H5F4NO2/c10-3-1-4(11)8(13)6(7(3)12)5-2-14-9(15)16-5/h1,5H,2H2,(H,14,15). The quantitative estimate of drug-likeness (QED) is 0.597. The summed E-state index contributed by atoms with van der Waals surface area (Å²) in [4.78, 5) is 10.7. The van der Waals surface area contributed by atoms with Crippen molar-refractivity contribution in [1.82, 2.24) is 5.32 Å². The first-order valence-electron chi connectivity index (χ1n) is 4.28. The van der Waals surface area contributed by atoms with Crippen molar-refractivity contribution >= 4 is 6.09 Å². The second-order valence-corrected chi connectivity index (χ2v) is 3.16. The number of carbonyl (C=O) groups is 1. The van der Waals surface area contributed by atoms with Gasteiger partial charge in [0.15, 0.2) is 29.4 Å². The topological polar surface area (TPSA) is 38.3 Å². The van der Waals surface area contributed by atoms with Gasteiger partial charge in [-0.15, -0.1) is 0 Å². The van der Waals surface area contributed by atoms with E-state index in [-0.39, 0.29) is 12.6 Å². The number of carbonyl (C=O) groups excluding carboxylic acids is 1. The number of amides is 1. The molecule has 1 unspecified atom stereocenters. The Hall–Kier alpha value is -1.79. The first kappa shape index (κ1) is 10.7. The average Bonchev–Trinajstić information content (AvgIpc) is 2.62. The first-order valence-corrected chi connectivity index (χ1v) is 4.28. The maximum absolute atomic E-state index is 13.2. The Labute approximate surface area is 87.0 Å². The van der Waals surface area contributed by atoms with E-state index in [0.717, 1.165) is 0 Å². The van der Waals surface area contributed by atoms with Gasteiger partial charge in [0.05, 0.1) is 12.1 Å². The largest absolute Gasteiger partial charge is 0.439 e. The van der Waals surface area contributed by atoms with E-state index in [2.05, 4.69) is 10.1 Å². The summed E-state index contributed by atoms with van der Waals surface area (Å²) in [5.41, 5.74) is -0.921. The number of ether oxygens (including phenoxy) is 1. The molecule has 0 aromatic heterocycles. The molecule has 1 fully saturated rings. The molecule has 3 nitrogen and oxygen atoms in total. The van der Waals surface area contributed by atoms with Gasteiger partial charge in [0.1, 0.15) is 0 Å². The lowest BCUT2D eigenvalue weighted by molar-refractivity contribution is 0.136. The molecule has 0 spiro atoms. The molecule has 1 aliphatic rings. The van der Waals surface area contributed by atoms with Gasteiger partial charge < -0.3 is 10.1 Å². The molecule has 1 heterocycles.